The third-order valence-corrected chi connectivity index (χ3v) is 7.31. The lowest BCUT2D eigenvalue weighted by molar-refractivity contribution is -0.137. The van der Waals surface area contributed by atoms with Gasteiger partial charge in [-0.1, -0.05) is 69.6 Å². The number of hydrogen-bond donors (Lipinski definition) is 2. The number of benzene rings is 1. The maximum absolute atomic E-state index is 13.2. The van der Waals surface area contributed by atoms with E-state index in [1.807, 2.05) is 27.7 Å². The van der Waals surface area contributed by atoms with Crippen LogP contribution in [0.1, 0.15) is 118 Å². The van der Waals surface area contributed by atoms with Gasteiger partial charge in [-0.25, -0.2) is 0 Å². The lowest BCUT2D eigenvalue weighted by Gasteiger charge is -2.39. The van der Waals surface area contributed by atoms with Gasteiger partial charge in [0.15, 0.2) is 0 Å². The Morgan fingerprint density at radius 3 is 2.18 bits per heavy atom. The lowest BCUT2D eigenvalue weighted by atomic mass is 9.70. The van der Waals surface area contributed by atoms with Crippen molar-refractivity contribution in [1.82, 2.24) is 4.98 Å². The van der Waals surface area contributed by atoms with E-state index in [2.05, 4.69) is 29.8 Å². The Labute approximate surface area is 208 Å². The largest absolute Gasteiger partial charge is 0.416 e. The zero-order chi connectivity index (χ0) is 25.6. The van der Waals surface area contributed by atoms with Gasteiger partial charge in [-0.3, -0.25) is 4.98 Å². The summed E-state index contributed by atoms with van der Waals surface area (Å²) >= 11 is 3.70. The monoisotopic (exact) mass is 541 g/mol. The van der Waals surface area contributed by atoms with Crippen LogP contribution in [0.3, 0.4) is 0 Å². The number of aliphatic hydroxyl groups is 2. The van der Waals surface area contributed by atoms with Crippen LogP contribution in [0.2, 0.25) is 0 Å². The molecule has 3 rings (SSSR count). The van der Waals surface area contributed by atoms with Crippen molar-refractivity contribution < 1.29 is 23.4 Å². The molecule has 0 amide bonds. The second-order valence-electron chi connectivity index (χ2n) is 10.6. The van der Waals surface area contributed by atoms with Gasteiger partial charge in [0.25, 0.3) is 0 Å². The Morgan fingerprint density at radius 1 is 1.12 bits per heavy atom. The van der Waals surface area contributed by atoms with E-state index >= 15 is 0 Å². The van der Waals surface area contributed by atoms with Gasteiger partial charge in [-0.15, -0.1) is 0 Å². The van der Waals surface area contributed by atoms with Crippen LogP contribution >= 0.6 is 15.9 Å². The number of alkyl halides is 4. The first-order valence-corrected chi connectivity index (χ1v) is 12.8. The molecular weight excluding hydrogens is 507 g/mol. The summed E-state index contributed by atoms with van der Waals surface area (Å²) in [6.45, 7) is 12.1. The van der Waals surface area contributed by atoms with Gasteiger partial charge in [0.2, 0.25) is 0 Å². The van der Waals surface area contributed by atoms with Gasteiger partial charge in [0, 0.05) is 27.7 Å². The molecule has 4 unspecified atom stereocenters. The molecule has 0 saturated heterocycles. The smallest absolute Gasteiger partial charge is 0.388 e. The zero-order valence-corrected chi connectivity index (χ0v) is 22.3. The molecule has 0 aliphatic heterocycles. The number of fused-ring (bicyclic) bond motifs is 1. The Balaban J connectivity index is 2.34. The number of aromatic nitrogens is 1. The van der Waals surface area contributed by atoms with Crippen LogP contribution < -0.4 is 0 Å². The summed E-state index contributed by atoms with van der Waals surface area (Å²) in [5.41, 5.74) is 3.71. The molecule has 1 aliphatic carbocycles. The second kappa shape index (κ2) is 9.90. The highest BCUT2D eigenvalue weighted by molar-refractivity contribution is 9.09. The van der Waals surface area contributed by atoms with Crippen molar-refractivity contribution in [2.45, 2.75) is 95.9 Å². The first-order valence-electron chi connectivity index (χ1n) is 11.9. The predicted octanol–water partition coefficient (Wildman–Crippen LogP) is 7.59. The van der Waals surface area contributed by atoms with Gasteiger partial charge >= 0.3 is 6.18 Å². The minimum atomic E-state index is -4.41. The predicted molar refractivity (Wildman–Crippen MR) is 132 cm³/mol. The number of nitrogens with zero attached hydrogens (tertiary/aromatic N) is 1. The maximum Gasteiger partial charge on any atom is 0.416 e. The second-order valence-corrected chi connectivity index (χ2v) is 12.0. The summed E-state index contributed by atoms with van der Waals surface area (Å²) in [5.74, 6) is -0.329. The van der Waals surface area contributed by atoms with Crippen molar-refractivity contribution in [1.29, 1.82) is 0 Å². The molecule has 1 aromatic carbocycles. The molecule has 0 spiro atoms. The van der Waals surface area contributed by atoms with Crippen LogP contribution in [-0.4, -0.2) is 20.0 Å². The summed E-state index contributed by atoms with van der Waals surface area (Å²) < 4.78 is 39.6. The number of halogens is 4. The van der Waals surface area contributed by atoms with E-state index in [0.29, 0.717) is 36.0 Å². The standard InChI is InChI=1S/C27H35BrF3NO2/c1-7-19(33)23-22-18(12-26(5,6)13-20(22)34)32-25(14(2)3)24(23)21(15(4)28)16-8-10-17(11-9-16)27(29,30)31/h8-11,14-15,19-21,33-34H,7,12-13H2,1-6H3. The number of pyridine rings is 1. The summed E-state index contributed by atoms with van der Waals surface area (Å²) in [5, 5.41) is 22.5. The van der Waals surface area contributed by atoms with Gasteiger partial charge in [0.05, 0.1) is 17.8 Å². The van der Waals surface area contributed by atoms with Gasteiger partial charge in [0.1, 0.15) is 0 Å². The Morgan fingerprint density at radius 2 is 1.71 bits per heavy atom. The molecule has 0 radical (unpaired) electrons. The van der Waals surface area contributed by atoms with Crippen LogP contribution in [0.25, 0.3) is 0 Å². The molecule has 1 aromatic heterocycles. The average molecular weight is 542 g/mol. The van der Waals surface area contributed by atoms with E-state index in [4.69, 9.17) is 4.98 Å². The van der Waals surface area contributed by atoms with Crippen molar-refractivity contribution in [3.8, 4) is 0 Å². The minimum absolute atomic E-state index is 0.0217. The average Bonchev–Trinajstić information content (AvgIpc) is 2.71. The fourth-order valence-corrected chi connectivity index (χ4v) is 5.80. The van der Waals surface area contributed by atoms with E-state index in [1.165, 1.54) is 12.1 Å². The molecule has 2 aromatic rings. The molecule has 0 bridgehead atoms. The third-order valence-electron chi connectivity index (χ3n) is 6.78. The van der Waals surface area contributed by atoms with E-state index in [0.717, 1.165) is 29.1 Å². The Bertz CT molecular complexity index is 1020. The van der Waals surface area contributed by atoms with E-state index in [9.17, 15) is 23.4 Å². The Hall–Kier alpha value is -1.44. The van der Waals surface area contributed by atoms with Crippen molar-refractivity contribution in [3.05, 3.63) is 63.5 Å². The maximum atomic E-state index is 13.2. The van der Waals surface area contributed by atoms with Crippen molar-refractivity contribution in [2.75, 3.05) is 0 Å². The highest BCUT2D eigenvalue weighted by Crippen LogP contribution is 2.49. The molecule has 2 N–H and O–H groups in total. The number of hydrogen-bond acceptors (Lipinski definition) is 3. The first-order chi connectivity index (χ1) is 15.7. The van der Waals surface area contributed by atoms with Crippen molar-refractivity contribution in [3.63, 3.8) is 0 Å². The molecule has 1 heterocycles. The fourth-order valence-electron chi connectivity index (χ4n) is 5.23. The zero-order valence-electron chi connectivity index (χ0n) is 20.7. The summed E-state index contributed by atoms with van der Waals surface area (Å²) in [4.78, 5) is 4.90. The number of rotatable bonds is 6. The van der Waals surface area contributed by atoms with Crippen LogP contribution in [0.4, 0.5) is 13.2 Å². The molecule has 3 nitrogen and oxygen atoms in total. The molecular formula is C27H35BrF3NO2. The molecule has 188 valence electrons. The van der Waals surface area contributed by atoms with Crippen LogP contribution in [0.15, 0.2) is 24.3 Å². The minimum Gasteiger partial charge on any atom is -0.388 e. The van der Waals surface area contributed by atoms with Gasteiger partial charge < -0.3 is 10.2 Å². The number of aliphatic hydroxyl groups excluding tert-OH is 2. The van der Waals surface area contributed by atoms with E-state index in [-0.39, 0.29) is 22.1 Å². The van der Waals surface area contributed by atoms with Gasteiger partial charge in [-0.2, -0.15) is 13.2 Å². The first kappa shape index (κ1) is 27.2. The molecule has 7 heteroatoms. The highest BCUT2D eigenvalue weighted by Gasteiger charge is 2.39. The molecule has 4 atom stereocenters. The lowest BCUT2D eigenvalue weighted by Crippen LogP contribution is -2.31. The topological polar surface area (TPSA) is 53.4 Å². The van der Waals surface area contributed by atoms with Crippen LogP contribution in [-0.2, 0) is 12.6 Å². The molecule has 0 fully saturated rings. The summed E-state index contributed by atoms with van der Waals surface area (Å²) in [6.07, 6.45) is -4.29. The highest BCUT2D eigenvalue weighted by atomic mass is 79.9. The van der Waals surface area contributed by atoms with Crippen LogP contribution in [0, 0.1) is 5.41 Å². The Kier molecular flexibility index (Phi) is 7.91. The SMILES string of the molecule is CCC(O)c1c2c(nc(C(C)C)c1C(c1ccc(C(F)(F)F)cc1)C(C)Br)CC(C)(C)CC2O. The van der Waals surface area contributed by atoms with E-state index in [1.54, 1.807) is 0 Å². The summed E-state index contributed by atoms with van der Waals surface area (Å²) in [6, 6.07) is 5.23. The fraction of sp³-hybridized carbons (Fsp3) is 0.593. The molecule has 0 saturated carbocycles. The third kappa shape index (κ3) is 5.36. The van der Waals surface area contributed by atoms with Crippen LogP contribution in [0.5, 0.6) is 0 Å². The summed E-state index contributed by atoms with van der Waals surface area (Å²) in [7, 11) is 0. The molecule has 1 aliphatic rings. The van der Waals surface area contributed by atoms with Gasteiger partial charge in [-0.05, 0) is 59.4 Å². The quantitative estimate of drug-likeness (QED) is 0.370. The molecule has 34 heavy (non-hydrogen) atoms. The normalized spacial score (nSPS) is 20.7. The van der Waals surface area contributed by atoms with Crippen molar-refractivity contribution in [2.24, 2.45) is 5.41 Å². The van der Waals surface area contributed by atoms with Crippen molar-refractivity contribution >= 4 is 15.9 Å². The van der Waals surface area contributed by atoms with E-state index < -0.39 is 23.9 Å².